The fourth-order valence-corrected chi connectivity index (χ4v) is 11.1. The van der Waals surface area contributed by atoms with Gasteiger partial charge in [-0.3, -0.25) is 14.5 Å². The zero-order chi connectivity index (χ0) is 26.0. The first kappa shape index (κ1) is 26.3. The number of Topliss-reactive ketones (excluding diaryl/α,β-unsaturated/α-hetero) is 1. The van der Waals surface area contributed by atoms with Crippen LogP contribution in [0.5, 0.6) is 0 Å². The van der Waals surface area contributed by atoms with Gasteiger partial charge in [0.15, 0.2) is 5.78 Å². The molecule has 0 aromatic carbocycles. The van der Waals surface area contributed by atoms with E-state index in [-0.39, 0.29) is 23.5 Å². The number of likely N-dealkylation sites (tertiary alicyclic amines) is 2. The highest BCUT2D eigenvalue weighted by Gasteiger charge is 2.66. The number of esters is 1. The molecule has 37 heavy (non-hydrogen) atoms. The van der Waals surface area contributed by atoms with Gasteiger partial charge < -0.3 is 9.22 Å². The van der Waals surface area contributed by atoms with Crippen LogP contribution in [0.1, 0.15) is 104 Å². The Balaban J connectivity index is 1.26. The van der Waals surface area contributed by atoms with Gasteiger partial charge in [-0.2, -0.15) is 0 Å². The standard InChI is InChI=1S/C32H53N2O3/c1-22(35)37-29-19-23-11-12-24-25(32(23,3)21-27(29)33-15-7-5-8-16-33)13-14-31(2)26(24)20-28(30(31)36)34(4)17-9-6-10-18-34/h23-29H,5-21H2,1-4H3/q+1/t23-,24?,25?,26?,27-,28-,29-,31-,32-/m0/s1. The van der Waals surface area contributed by atoms with Crippen molar-refractivity contribution < 1.29 is 18.8 Å². The summed E-state index contributed by atoms with van der Waals surface area (Å²) in [6, 6.07) is 0.605. The molecule has 0 aromatic heterocycles. The lowest BCUT2D eigenvalue weighted by atomic mass is 9.44. The second-order valence-corrected chi connectivity index (χ2v) is 15.0. The molecule has 0 amide bonds. The minimum absolute atomic E-state index is 0.0556. The maximum atomic E-state index is 14.1. The van der Waals surface area contributed by atoms with Gasteiger partial charge in [0.1, 0.15) is 12.1 Å². The molecule has 6 aliphatic rings. The number of nitrogens with zero attached hydrogens (tertiary/aromatic N) is 2. The zero-order valence-corrected chi connectivity index (χ0v) is 24.2. The third-order valence-electron chi connectivity index (χ3n) is 13.2. The van der Waals surface area contributed by atoms with Crippen molar-refractivity contribution in [3.05, 3.63) is 0 Å². The highest BCUT2D eigenvalue weighted by molar-refractivity contribution is 5.91. The number of carbonyl (C=O) groups is 2. The molecular weight excluding hydrogens is 460 g/mol. The Morgan fingerprint density at radius 3 is 2.35 bits per heavy atom. The molecule has 2 aliphatic heterocycles. The van der Waals surface area contributed by atoms with E-state index in [0.717, 1.165) is 36.8 Å². The highest BCUT2D eigenvalue weighted by atomic mass is 16.5. The summed E-state index contributed by atoms with van der Waals surface area (Å²) in [5.74, 6) is 3.13. The quantitative estimate of drug-likeness (QED) is 0.364. The second kappa shape index (κ2) is 9.61. The van der Waals surface area contributed by atoms with E-state index in [1.807, 2.05) is 0 Å². The van der Waals surface area contributed by atoms with Crippen LogP contribution in [0.2, 0.25) is 0 Å². The summed E-state index contributed by atoms with van der Waals surface area (Å²) >= 11 is 0. The Labute approximate surface area is 225 Å². The molecule has 0 bridgehead atoms. The number of fused-ring (bicyclic) bond motifs is 5. The van der Waals surface area contributed by atoms with E-state index in [0.29, 0.717) is 40.9 Å². The molecular formula is C32H53N2O3+. The average molecular weight is 514 g/mol. The Morgan fingerprint density at radius 2 is 1.65 bits per heavy atom. The van der Waals surface area contributed by atoms with Crippen LogP contribution in [-0.2, 0) is 14.3 Å². The van der Waals surface area contributed by atoms with Gasteiger partial charge >= 0.3 is 5.97 Å². The number of ketones is 1. The fraction of sp³-hybridized carbons (Fsp3) is 0.938. The molecule has 4 saturated carbocycles. The molecule has 2 heterocycles. The molecule has 0 aromatic rings. The van der Waals surface area contributed by atoms with Crippen molar-refractivity contribution in [3.63, 3.8) is 0 Å². The Morgan fingerprint density at radius 1 is 0.946 bits per heavy atom. The van der Waals surface area contributed by atoms with E-state index in [4.69, 9.17) is 4.74 Å². The van der Waals surface area contributed by atoms with Crippen LogP contribution >= 0.6 is 0 Å². The lowest BCUT2D eigenvalue weighted by Crippen LogP contribution is -2.60. The lowest BCUT2D eigenvalue weighted by molar-refractivity contribution is -0.928. The van der Waals surface area contributed by atoms with E-state index in [9.17, 15) is 9.59 Å². The van der Waals surface area contributed by atoms with Gasteiger partial charge in [0, 0.05) is 24.8 Å². The molecule has 0 spiro atoms. The van der Waals surface area contributed by atoms with Gasteiger partial charge in [-0.05, 0) is 113 Å². The molecule has 6 fully saturated rings. The number of piperidine rings is 2. The normalized spacial score (nSPS) is 48.0. The molecule has 0 N–H and O–H groups in total. The summed E-state index contributed by atoms with van der Waals surface area (Å²) in [5.41, 5.74) is 0.197. The average Bonchev–Trinajstić information content (AvgIpc) is 3.16. The number of hydrogen-bond acceptors (Lipinski definition) is 4. The number of likely N-dealkylation sites (N-methyl/N-ethyl adjacent to an activating group) is 1. The van der Waals surface area contributed by atoms with E-state index in [2.05, 4.69) is 25.8 Å². The minimum atomic E-state index is -0.109. The summed E-state index contributed by atoms with van der Waals surface area (Å²) in [5, 5.41) is 0. The summed E-state index contributed by atoms with van der Waals surface area (Å²) < 4.78 is 7.07. The smallest absolute Gasteiger partial charge is 0.302 e. The van der Waals surface area contributed by atoms with Crippen molar-refractivity contribution in [2.75, 3.05) is 33.2 Å². The SMILES string of the molecule is CC(=O)O[C@H]1C[C@@H]2CCC3C4C[C@H]([N+]5(C)CCCCC5)C(=O)[C@@]4(C)CCC3[C@@]2(C)C[C@@H]1N1CCCCC1. The summed E-state index contributed by atoms with van der Waals surface area (Å²) in [6.07, 6.45) is 16.0. The molecule has 3 unspecified atom stereocenters. The summed E-state index contributed by atoms with van der Waals surface area (Å²) in [6.45, 7) is 11.3. The number of rotatable bonds is 3. The first-order valence-electron chi connectivity index (χ1n) is 16.0. The van der Waals surface area contributed by atoms with Crippen LogP contribution in [0, 0.1) is 34.5 Å². The topological polar surface area (TPSA) is 46.6 Å². The maximum absolute atomic E-state index is 14.1. The fourth-order valence-electron chi connectivity index (χ4n) is 11.1. The van der Waals surface area contributed by atoms with Crippen LogP contribution < -0.4 is 0 Å². The van der Waals surface area contributed by atoms with Crippen LogP contribution in [-0.4, -0.2) is 72.5 Å². The Hall–Kier alpha value is -0.940. The number of quaternary nitrogens is 1. The van der Waals surface area contributed by atoms with E-state index in [1.54, 1.807) is 6.92 Å². The van der Waals surface area contributed by atoms with Gasteiger partial charge in [-0.25, -0.2) is 0 Å². The third-order valence-corrected chi connectivity index (χ3v) is 13.2. The molecule has 208 valence electrons. The summed E-state index contributed by atoms with van der Waals surface area (Å²) in [7, 11) is 2.40. The molecule has 5 heteroatoms. The maximum Gasteiger partial charge on any atom is 0.302 e. The molecule has 4 aliphatic carbocycles. The first-order chi connectivity index (χ1) is 17.7. The van der Waals surface area contributed by atoms with Crippen LogP contribution in [0.4, 0.5) is 0 Å². The number of hydrogen-bond donors (Lipinski definition) is 0. The van der Waals surface area contributed by atoms with Gasteiger partial charge in [0.25, 0.3) is 0 Å². The third kappa shape index (κ3) is 4.24. The molecule has 6 rings (SSSR count). The minimum Gasteiger partial charge on any atom is -0.461 e. The zero-order valence-electron chi connectivity index (χ0n) is 24.2. The second-order valence-electron chi connectivity index (χ2n) is 15.0. The molecule has 9 atom stereocenters. The molecule has 2 saturated heterocycles. The predicted molar refractivity (Wildman–Crippen MR) is 146 cm³/mol. The Kier molecular flexibility index (Phi) is 6.83. The van der Waals surface area contributed by atoms with Crippen LogP contribution in [0.25, 0.3) is 0 Å². The van der Waals surface area contributed by atoms with Crippen molar-refractivity contribution >= 4 is 11.8 Å². The highest BCUT2D eigenvalue weighted by Crippen LogP contribution is 2.66. The monoisotopic (exact) mass is 513 g/mol. The van der Waals surface area contributed by atoms with Crippen molar-refractivity contribution in [2.24, 2.45) is 34.5 Å². The van der Waals surface area contributed by atoms with Gasteiger partial charge in [0.2, 0.25) is 0 Å². The van der Waals surface area contributed by atoms with Crippen molar-refractivity contribution in [3.8, 4) is 0 Å². The molecule has 0 radical (unpaired) electrons. The predicted octanol–water partition coefficient (Wildman–Crippen LogP) is 5.60. The van der Waals surface area contributed by atoms with Gasteiger partial charge in [-0.15, -0.1) is 0 Å². The number of carbonyl (C=O) groups excluding carboxylic acids is 2. The number of ether oxygens (including phenoxy) is 1. The van der Waals surface area contributed by atoms with Crippen molar-refractivity contribution in [1.29, 1.82) is 0 Å². The van der Waals surface area contributed by atoms with Gasteiger partial charge in [0.05, 0.1) is 20.1 Å². The van der Waals surface area contributed by atoms with Gasteiger partial charge in [-0.1, -0.05) is 20.3 Å². The van der Waals surface area contributed by atoms with E-state index >= 15 is 0 Å². The summed E-state index contributed by atoms with van der Waals surface area (Å²) in [4.78, 5) is 28.9. The largest absolute Gasteiger partial charge is 0.461 e. The van der Waals surface area contributed by atoms with Crippen LogP contribution in [0.3, 0.4) is 0 Å². The lowest BCUT2D eigenvalue weighted by Gasteiger charge is -2.62. The Bertz CT molecular complexity index is 892. The van der Waals surface area contributed by atoms with Crippen molar-refractivity contribution in [1.82, 2.24) is 4.90 Å². The van der Waals surface area contributed by atoms with E-state index in [1.165, 1.54) is 77.3 Å². The van der Waals surface area contributed by atoms with Crippen LogP contribution in [0.15, 0.2) is 0 Å². The molecule has 5 nitrogen and oxygen atoms in total. The van der Waals surface area contributed by atoms with Crippen molar-refractivity contribution in [2.45, 2.75) is 122 Å². The van der Waals surface area contributed by atoms with E-state index < -0.39 is 0 Å². The first-order valence-corrected chi connectivity index (χ1v) is 16.0.